The first-order valence-electron chi connectivity index (χ1n) is 7.79. The first-order chi connectivity index (χ1) is 11.2. The van der Waals surface area contributed by atoms with Crippen LogP contribution in [0.15, 0.2) is 42.5 Å². The molecule has 3 N–H and O–H groups in total. The van der Waals surface area contributed by atoms with Gasteiger partial charge in [0.2, 0.25) is 0 Å². The van der Waals surface area contributed by atoms with Gasteiger partial charge in [-0.1, -0.05) is 30.3 Å². The maximum Gasteiger partial charge on any atom is 0.158 e. The third-order valence-corrected chi connectivity index (χ3v) is 4.13. The number of hydrogen-bond donors (Lipinski definition) is 3. The molecule has 1 aliphatic rings. The molecule has 2 aromatic heterocycles. The second kappa shape index (κ2) is 6.76. The largest absolute Gasteiger partial charge is 0.390 e. The summed E-state index contributed by atoms with van der Waals surface area (Å²) >= 11 is 0. The summed E-state index contributed by atoms with van der Waals surface area (Å²) < 4.78 is 1.80. The van der Waals surface area contributed by atoms with E-state index in [1.54, 1.807) is 4.52 Å². The molecule has 0 unspecified atom stereocenters. The number of β-amino-alcohol motifs (C(OH)–C–C–N with tert-alkyl or cyclic N) is 1. The van der Waals surface area contributed by atoms with E-state index in [1.165, 1.54) is 0 Å². The van der Waals surface area contributed by atoms with E-state index in [1.807, 2.05) is 49.4 Å². The molecule has 0 amide bonds. The standard InChI is InChI=1S/C17H19N5O.ClH/c1-11-7-16-19-13(12-5-3-2-4-6-12)8-17(22(16)21-11)20-14-9-18-10-15(14)23;/h2-8,14-15,18,20,23H,9-10H2,1H3;1H/t14-,15-;/m1./s1. The maximum atomic E-state index is 10.0. The fourth-order valence-electron chi connectivity index (χ4n) is 2.95. The zero-order chi connectivity index (χ0) is 15.8. The number of aliphatic hydroxyl groups excluding tert-OH is 1. The molecule has 0 radical (unpaired) electrons. The van der Waals surface area contributed by atoms with Crippen LogP contribution in [0.25, 0.3) is 16.9 Å². The van der Waals surface area contributed by atoms with Crippen molar-refractivity contribution in [2.24, 2.45) is 0 Å². The van der Waals surface area contributed by atoms with Gasteiger partial charge in [0.05, 0.1) is 23.5 Å². The Bertz CT molecular complexity index is 836. The van der Waals surface area contributed by atoms with Crippen LogP contribution in [-0.2, 0) is 0 Å². The van der Waals surface area contributed by atoms with Crippen LogP contribution < -0.4 is 10.6 Å². The monoisotopic (exact) mass is 345 g/mol. The second-order valence-corrected chi connectivity index (χ2v) is 5.92. The van der Waals surface area contributed by atoms with Gasteiger partial charge in [-0.05, 0) is 6.92 Å². The van der Waals surface area contributed by atoms with E-state index in [2.05, 4.69) is 15.7 Å². The first-order valence-corrected chi connectivity index (χ1v) is 7.79. The molecule has 1 aromatic carbocycles. The minimum absolute atomic E-state index is 0. The van der Waals surface area contributed by atoms with Crippen LogP contribution >= 0.6 is 12.4 Å². The van der Waals surface area contributed by atoms with Crippen LogP contribution in [-0.4, -0.2) is 44.9 Å². The summed E-state index contributed by atoms with van der Waals surface area (Å²) in [7, 11) is 0. The van der Waals surface area contributed by atoms with E-state index < -0.39 is 6.10 Å². The molecule has 2 atom stereocenters. The van der Waals surface area contributed by atoms with Gasteiger partial charge in [-0.15, -0.1) is 12.4 Å². The van der Waals surface area contributed by atoms with Crippen LogP contribution in [0.1, 0.15) is 5.69 Å². The topological polar surface area (TPSA) is 74.5 Å². The predicted molar refractivity (Wildman–Crippen MR) is 96.7 cm³/mol. The van der Waals surface area contributed by atoms with Crippen molar-refractivity contribution in [3.8, 4) is 11.3 Å². The molecule has 3 heterocycles. The highest BCUT2D eigenvalue weighted by Crippen LogP contribution is 2.23. The number of anilines is 1. The zero-order valence-electron chi connectivity index (χ0n) is 13.3. The molecule has 0 aliphatic carbocycles. The normalized spacial score (nSPS) is 20.1. The first kappa shape index (κ1) is 16.7. The fourth-order valence-corrected chi connectivity index (χ4v) is 2.95. The van der Waals surface area contributed by atoms with Gasteiger partial charge in [0.25, 0.3) is 0 Å². The SMILES string of the molecule is Cc1cc2nc(-c3ccccc3)cc(N[C@@H]3CNC[C@H]3O)n2n1.Cl. The molecule has 126 valence electrons. The van der Waals surface area contributed by atoms with Crippen molar-refractivity contribution in [2.75, 3.05) is 18.4 Å². The average molecular weight is 346 g/mol. The van der Waals surface area contributed by atoms with Gasteiger partial charge in [-0.3, -0.25) is 0 Å². The summed E-state index contributed by atoms with van der Waals surface area (Å²) in [4.78, 5) is 4.70. The molecular formula is C17H20ClN5O. The van der Waals surface area contributed by atoms with Crippen LogP contribution in [0, 0.1) is 6.92 Å². The van der Waals surface area contributed by atoms with Crippen LogP contribution in [0.3, 0.4) is 0 Å². The van der Waals surface area contributed by atoms with Gasteiger partial charge in [0.15, 0.2) is 5.65 Å². The van der Waals surface area contributed by atoms with Crippen molar-refractivity contribution in [3.63, 3.8) is 0 Å². The Hall–Kier alpha value is -2.15. The lowest BCUT2D eigenvalue weighted by molar-refractivity contribution is 0.185. The minimum Gasteiger partial charge on any atom is -0.390 e. The summed E-state index contributed by atoms with van der Waals surface area (Å²) in [5, 5.41) is 21.1. The molecule has 4 rings (SSSR count). The molecule has 1 saturated heterocycles. The van der Waals surface area contributed by atoms with Crippen molar-refractivity contribution in [1.82, 2.24) is 19.9 Å². The predicted octanol–water partition coefficient (Wildman–Crippen LogP) is 1.87. The Kier molecular flexibility index (Phi) is 4.71. The molecule has 24 heavy (non-hydrogen) atoms. The summed E-state index contributed by atoms with van der Waals surface area (Å²) in [6.45, 7) is 3.29. The van der Waals surface area contributed by atoms with E-state index in [0.717, 1.165) is 35.0 Å². The number of aryl methyl sites for hydroxylation is 1. The molecule has 1 fully saturated rings. The molecule has 7 heteroatoms. The van der Waals surface area contributed by atoms with Gasteiger partial charge in [-0.2, -0.15) is 9.61 Å². The summed E-state index contributed by atoms with van der Waals surface area (Å²) in [5.74, 6) is 0.842. The second-order valence-electron chi connectivity index (χ2n) is 5.92. The third-order valence-electron chi connectivity index (χ3n) is 4.13. The van der Waals surface area contributed by atoms with Crippen molar-refractivity contribution in [2.45, 2.75) is 19.1 Å². The molecule has 1 aliphatic heterocycles. The smallest absolute Gasteiger partial charge is 0.158 e. The van der Waals surface area contributed by atoms with Crippen LogP contribution in [0.5, 0.6) is 0 Å². The lowest BCUT2D eigenvalue weighted by Gasteiger charge is -2.18. The highest BCUT2D eigenvalue weighted by atomic mass is 35.5. The highest BCUT2D eigenvalue weighted by Gasteiger charge is 2.25. The Morgan fingerprint density at radius 2 is 2.00 bits per heavy atom. The van der Waals surface area contributed by atoms with Crippen LogP contribution in [0.4, 0.5) is 5.82 Å². The summed E-state index contributed by atoms with van der Waals surface area (Å²) in [6.07, 6.45) is -0.407. The highest BCUT2D eigenvalue weighted by molar-refractivity contribution is 5.85. The number of halogens is 1. The minimum atomic E-state index is -0.407. The Morgan fingerprint density at radius 3 is 2.71 bits per heavy atom. The molecule has 6 nitrogen and oxygen atoms in total. The Labute approximate surface area is 146 Å². The van der Waals surface area contributed by atoms with Gasteiger partial charge >= 0.3 is 0 Å². The maximum absolute atomic E-state index is 10.0. The van der Waals surface area contributed by atoms with E-state index in [-0.39, 0.29) is 18.4 Å². The van der Waals surface area contributed by atoms with Gasteiger partial charge in [-0.25, -0.2) is 4.98 Å². The number of aromatic nitrogens is 3. The lowest BCUT2D eigenvalue weighted by Crippen LogP contribution is -2.32. The molecule has 0 saturated carbocycles. The number of fused-ring (bicyclic) bond motifs is 1. The number of hydrogen-bond acceptors (Lipinski definition) is 5. The Balaban J connectivity index is 0.00000169. The number of nitrogens with zero attached hydrogens (tertiary/aromatic N) is 3. The fraction of sp³-hybridized carbons (Fsp3) is 0.294. The molecular weight excluding hydrogens is 326 g/mol. The average Bonchev–Trinajstić information content (AvgIpc) is 3.13. The number of benzene rings is 1. The quantitative estimate of drug-likeness (QED) is 0.675. The van der Waals surface area contributed by atoms with Crippen molar-refractivity contribution >= 4 is 23.9 Å². The van der Waals surface area contributed by atoms with E-state index in [0.29, 0.717) is 6.54 Å². The van der Waals surface area contributed by atoms with E-state index in [4.69, 9.17) is 4.98 Å². The van der Waals surface area contributed by atoms with Gasteiger partial charge in [0.1, 0.15) is 5.82 Å². The van der Waals surface area contributed by atoms with E-state index >= 15 is 0 Å². The molecule has 0 spiro atoms. The van der Waals surface area contributed by atoms with Crippen molar-refractivity contribution < 1.29 is 5.11 Å². The zero-order valence-corrected chi connectivity index (χ0v) is 14.1. The van der Waals surface area contributed by atoms with Crippen LogP contribution in [0.2, 0.25) is 0 Å². The number of aliphatic hydroxyl groups is 1. The summed E-state index contributed by atoms with van der Waals surface area (Å²) in [6, 6.07) is 14.0. The van der Waals surface area contributed by atoms with Crippen molar-refractivity contribution in [1.29, 1.82) is 0 Å². The lowest BCUT2D eigenvalue weighted by atomic mass is 10.1. The Morgan fingerprint density at radius 1 is 1.21 bits per heavy atom. The number of nitrogens with one attached hydrogen (secondary N) is 2. The number of rotatable bonds is 3. The van der Waals surface area contributed by atoms with Gasteiger partial charge < -0.3 is 15.7 Å². The van der Waals surface area contributed by atoms with Crippen molar-refractivity contribution in [3.05, 3.63) is 48.2 Å². The third kappa shape index (κ3) is 3.08. The summed E-state index contributed by atoms with van der Waals surface area (Å²) in [5.41, 5.74) is 3.66. The molecule has 3 aromatic rings. The molecule has 0 bridgehead atoms. The van der Waals surface area contributed by atoms with Gasteiger partial charge in [0, 0.05) is 30.8 Å². The van der Waals surface area contributed by atoms with E-state index in [9.17, 15) is 5.11 Å².